The number of carbonyl (C=O) groups is 1. The van der Waals surface area contributed by atoms with Gasteiger partial charge in [0.05, 0.1) is 25.8 Å². The fourth-order valence-electron chi connectivity index (χ4n) is 5.35. The number of nitrogens with zero attached hydrogens (tertiary/aromatic N) is 3. The number of amides is 1. The molecule has 158 valence electrons. The first-order chi connectivity index (χ1) is 14.5. The quantitative estimate of drug-likeness (QED) is 0.832. The first kappa shape index (κ1) is 19.3. The van der Waals surface area contributed by atoms with Gasteiger partial charge in [0.1, 0.15) is 5.92 Å². The Morgan fingerprint density at radius 2 is 2.17 bits per heavy atom. The van der Waals surface area contributed by atoms with E-state index in [1.54, 1.807) is 7.11 Å². The molecule has 4 heterocycles. The van der Waals surface area contributed by atoms with Crippen LogP contribution in [0.3, 0.4) is 0 Å². The summed E-state index contributed by atoms with van der Waals surface area (Å²) in [7, 11) is 1.65. The molecular formula is C23H28N4O3. The summed E-state index contributed by atoms with van der Waals surface area (Å²) in [4.78, 5) is 17.3. The summed E-state index contributed by atoms with van der Waals surface area (Å²) >= 11 is 0. The molecule has 3 unspecified atom stereocenters. The molecule has 1 N–H and O–H groups in total. The topological polar surface area (TPSA) is 76.1 Å². The first-order valence-corrected chi connectivity index (χ1v) is 10.7. The molecule has 4 atom stereocenters. The van der Waals surface area contributed by atoms with E-state index in [0.29, 0.717) is 18.4 Å². The number of hydrogen-bond acceptors (Lipinski definition) is 6. The van der Waals surface area contributed by atoms with Gasteiger partial charge in [0.15, 0.2) is 0 Å². The molecule has 1 aliphatic carbocycles. The van der Waals surface area contributed by atoms with Crippen molar-refractivity contribution in [1.29, 1.82) is 0 Å². The minimum Gasteiger partial charge on any atom is -0.481 e. The van der Waals surface area contributed by atoms with Crippen LogP contribution in [0.25, 0.3) is 5.57 Å². The van der Waals surface area contributed by atoms with Crippen molar-refractivity contribution in [1.82, 2.24) is 15.3 Å². The molecule has 7 heteroatoms. The van der Waals surface area contributed by atoms with Gasteiger partial charge in [0.25, 0.3) is 0 Å². The fourth-order valence-corrected chi connectivity index (χ4v) is 5.35. The summed E-state index contributed by atoms with van der Waals surface area (Å²) in [6.45, 7) is 7.82. The SMILES string of the molecule is COc1ncc(C)c(C2=CC3=C(CC2C)C2C(C=NN2[C@H]2CCOC2)C(=O)N3)c1C. The highest BCUT2D eigenvalue weighted by Gasteiger charge is 2.47. The van der Waals surface area contributed by atoms with Crippen LogP contribution in [0, 0.1) is 25.7 Å². The summed E-state index contributed by atoms with van der Waals surface area (Å²) in [5.74, 6) is 0.754. The molecule has 0 aromatic carbocycles. The van der Waals surface area contributed by atoms with E-state index >= 15 is 0 Å². The summed E-state index contributed by atoms with van der Waals surface area (Å²) in [5.41, 5.74) is 6.74. The molecule has 0 bridgehead atoms. The van der Waals surface area contributed by atoms with Gasteiger partial charge in [-0.25, -0.2) is 4.98 Å². The number of allylic oxidation sites excluding steroid dienone is 2. The van der Waals surface area contributed by atoms with Gasteiger partial charge in [-0.2, -0.15) is 5.10 Å². The summed E-state index contributed by atoms with van der Waals surface area (Å²) in [6.07, 6.45) is 7.68. The van der Waals surface area contributed by atoms with Gasteiger partial charge in [-0.1, -0.05) is 6.92 Å². The second kappa shape index (κ2) is 7.23. The van der Waals surface area contributed by atoms with Crippen LogP contribution in [-0.2, 0) is 9.53 Å². The molecule has 0 saturated carbocycles. The monoisotopic (exact) mass is 408 g/mol. The van der Waals surface area contributed by atoms with Gasteiger partial charge < -0.3 is 14.8 Å². The predicted molar refractivity (Wildman–Crippen MR) is 114 cm³/mol. The van der Waals surface area contributed by atoms with Crippen LogP contribution in [0.1, 0.15) is 36.5 Å². The highest BCUT2D eigenvalue weighted by molar-refractivity contribution is 5.99. The molecule has 0 spiro atoms. The highest BCUT2D eigenvalue weighted by atomic mass is 16.5. The third-order valence-corrected chi connectivity index (χ3v) is 6.83. The van der Waals surface area contributed by atoms with Crippen LogP contribution in [0.2, 0.25) is 0 Å². The number of hydrogen-bond donors (Lipinski definition) is 1. The normalized spacial score (nSPS) is 30.2. The predicted octanol–water partition coefficient (Wildman–Crippen LogP) is 2.59. The maximum absolute atomic E-state index is 12.9. The van der Waals surface area contributed by atoms with Gasteiger partial charge >= 0.3 is 0 Å². The smallest absolute Gasteiger partial charge is 0.235 e. The molecule has 1 fully saturated rings. The van der Waals surface area contributed by atoms with Crippen molar-refractivity contribution in [2.24, 2.45) is 16.9 Å². The van der Waals surface area contributed by atoms with Crippen LogP contribution >= 0.6 is 0 Å². The molecule has 1 aromatic heterocycles. The minimum atomic E-state index is -0.226. The van der Waals surface area contributed by atoms with Crippen LogP contribution in [0.15, 0.2) is 28.6 Å². The Morgan fingerprint density at radius 1 is 1.33 bits per heavy atom. The van der Waals surface area contributed by atoms with Gasteiger partial charge in [-0.05, 0) is 61.0 Å². The van der Waals surface area contributed by atoms with Crippen LogP contribution < -0.4 is 10.1 Å². The first-order valence-electron chi connectivity index (χ1n) is 10.7. The number of nitrogens with one attached hydrogen (secondary N) is 1. The van der Waals surface area contributed by atoms with E-state index < -0.39 is 0 Å². The lowest BCUT2D eigenvalue weighted by Gasteiger charge is -2.40. The number of ether oxygens (including phenoxy) is 2. The van der Waals surface area contributed by atoms with E-state index in [2.05, 4.69) is 40.3 Å². The van der Waals surface area contributed by atoms with E-state index in [9.17, 15) is 4.79 Å². The largest absolute Gasteiger partial charge is 0.481 e. The van der Waals surface area contributed by atoms with Crippen molar-refractivity contribution in [3.05, 3.63) is 40.2 Å². The zero-order chi connectivity index (χ0) is 21.0. The van der Waals surface area contributed by atoms with E-state index in [1.165, 1.54) is 16.7 Å². The summed E-state index contributed by atoms with van der Waals surface area (Å²) in [5, 5.41) is 9.93. The van der Waals surface area contributed by atoms with E-state index in [-0.39, 0.29) is 23.9 Å². The lowest BCUT2D eigenvalue weighted by atomic mass is 9.75. The number of pyridine rings is 1. The number of aryl methyl sites for hydroxylation is 1. The number of rotatable bonds is 3. The standard InChI is InChI=1S/C23H28N4O3/c1-12-7-17-19(8-16(12)20-13(2)9-24-23(29-4)14(20)3)26-22(28)18-10-25-27(21(17)18)15-5-6-30-11-15/h8-10,12,15,18,21H,5-7,11H2,1-4H3,(H,26,28)/t12?,15-,18?,21?/m0/s1. The Morgan fingerprint density at radius 3 is 2.90 bits per heavy atom. The van der Waals surface area contributed by atoms with Crippen molar-refractivity contribution in [2.75, 3.05) is 20.3 Å². The zero-order valence-electron chi connectivity index (χ0n) is 17.9. The zero-order valence-corrected chi connectivity index (χ0v) is 17.9. The van der Waals surface area contributed by atoms with E-state index in [0.717, 1.165) is 36.3 Å². The molecule has 7 nitrogen and oxygen atoms in total. The van der Waals surface area contributed by atoms with Crippen LogP contribution in [-0.4, -0.2) is 54.5 Å². The Hall–Kier alpha value is -2.67. The average molecular weight is 409 g/mol. The summed E-state index contributed by atoms with van der Waals surface area (Å²) in [6, 6.07) is 0.236. The lowest BCUT2D eigenvalue weighted by Crippen LogP contribution is -2.51. The molecule has 5 rings (SSSR count). The second-order valence-electron chi connectivity index (χ2n) is 8.72. The molecule has 3 aliphatic heterocycles. The lowest BCUT2D eigenvalue weighted by molar-refractivity contribution is -0.124. The van der Waals surface area contributed by atoms with Gasteiger partial charge in [0, 0.05) is 30.3 Å². The van der Waals surface area contributed by atoms with Crippen molar-refractivity contribution in [3.63, 3.8) is 0 Å². The van der Waals surface area contributed by atoms with Crippen LogP contribution in [0.4, 0.5) is 0 Å². The average Bonchev–Trinajstić information content (AvgIpc) is 3.39. The number of hydrazone groups is 1. The Balaban J connectivity index is 1.58. The van der Waals surface area contributed by atoms with Gasteiger partial charge in [-0.15, -0.1) is 0 Å². The molecular weight excluding hydrogens is 380 g/mol. The van der Waals surface area contributed by atoms with Gasteiger partial charge in [0.2, 0.25) is 11.8 Å². The molecule has 4 aliphatic rings. The molecule has 1 aromatic rings. The fraction of sp³-hybridized carbons (Fsp3) is 0.522. The van der Waals surface area contributed by atoms with E-state index in [1.807, 2.05) is 19.3 Å². The maximum Gasteiger partial charge on any atom is 0.235 e. The molecule has 30 heavy (non-hydrogen) atoms. The third kappa shape index (κ3) is 2.87. The maximum atomic E-state index is 12.9. The van der Waals surface area contributed by atoms with Crippen molar-refractivity contribution < 1.29 is 14.3 Å². The third-order valence-electron chi connectivity index (χ3n) is 6.83. The Bertz CT molecular complexity index is 990. The van der Waals surface area contributed by atoms with Gasteiger partial charge in [-0.3, -0.25) is 9.80 Å². The number of carbonyl (C=O) groups excluding carboxylic acids is 1. The number of methoxy groups -OCH3 is 1. The minimum absolute atomic E-state index is 0.00475. The summed E-state index contributed by atoms with van der Waals surface area (Å²) < 4.78 is 11.1. The molecule has 1 amide bonds. The molecule has 0 radical (unpaired) electrons. The Kier molecular flexibility index (Phi) is 4.65. The van der Waals surface area contributed by atoms with Crippen molar-refractivity contribution in [2.45, 2.75) is 45.7 Å². The highest BCUT2D eigenvalue weighted by Crippen LogP contribution is 2.44. The number of fused-ring (bicyclic) bond motifs is 2. The van der Waals surface area contributed by atoms with Crippen molar-refractivity contribution >= 4 is 17.7 Å². The molecule has 1 saturated heterocycles. The van der Waals surface area contributed by atoms with Crippen LogP contribution in [0.5, 0.6) is 5.88 Å². The Labute approximate surface area is 176 Å². The van der Waals surface area contributed by atoms with Crippen molar-refractivity contribution in [3.8, 4) is 5.88 Å². The van der Waals surface area contributed by atoms with E-state index in [4.69, 9.17) is 9.47 Å². The second-order valence-corrected chi connectivity index (χ2v) is 8.72. The number of aromatic nitrogens is 1.